The van der Waals surface area contributed by atoms with E-state index in [0.29, 0.717) is 39.9 Å². The zero-order valence-electron chi connectivity index (χ0n) is 15.5. The summed E-state index contributed by atoms with van der Waals surface area (Å²) in [6.07, 6.45) is 7.80. The first-order valence-electron chi connectivity index (χ1n) is 9.81. The van der Waals surface area contributed by atoms with Crippen molar-refractivity contribution in [3.05, 3.63) is 39.9 Å². The number of para-hydroxylation sites is 1. The van der Waals surface area contributed by atoms with E-state index in [4.69, 9.17) is 23.2 Å². The van der Waals surface area contributed by atoms with Crippen LogP contribution in [-0.4, -0.2) is 38.2 Å². The van der Waals surface area contributed by atoms with E-state index in [9.17, 15) is 4.79 Å². The highest BCUT2D eigenvalue weighted by Gasteiger charge is 2.37. The first-order chi connectivity index (χ1) is 13.1. The second-order valence-electron chi connectivity index (χ2n) is 7.44. The summed E-state index contributed by atoms with van der Waals surface area (Å²) >= 11 is 12.7. The van der Waals surface area contributed by atoms with Crippen molar-refractivity contribution in [3.63, 3.8) is 0 Å². The standard InChI is InChI=1S/C20H24Cl2N4O/c1-2-17-23-19(24-26(17)18-14(21)9-5-10-15(18)22)20(27)25-12-6-11-16(25)13-7-3-4-8-13/h5,9-10,13,16H,2-4,6-8,11-12H2,1H3. The second-order valence-corrected chi connectivity index (χ2v) is 8.25. The topological polar surface area (TPSA) is 51.0 Å². The van der Waals surface area contributed by atoms with Crippen molar-refractivity contribution in [1.82, 2.24) is 19.7 Å². The molecule has 1 saturated heterocycles. The lowest BCUT2D eigenvalue weighted by Crippen LogP contribution is -2.40. The number of hydrogen-bond acceptors (Lipinski definition) is 3. The third-order valence-corrected chi connectivity index (χ3v) is 6.45. The van der Waals surface area contributed by atoms with Gasteiger partial charge in [0.25, 0.3) is 5.91 Å². The molecule has 2 aliphatic rings. The molecule has 5 nitrogen and oxygen atoms in total. The predicted octanol–water partition coefficient (Wildman–Crippen LogP) is 4.93. The number of benzene rings is 1. The van der Waals surface area contributed by atoms with Gasteiger partial charge in [0.05, 0.1) is 10.0 Å². The lowest BCUT2D eigenvalue weighted by atomic mass is 9.96. The van der Waals surface area contributed by atoms with Crippen LogP contribution in [0.3, 0.4) is 0 Å². The van der Waals surface area contributed by atoms with Gasteiger partial charge in [0.1, 0.15) is 11.5 Å². The van der Waals surface area contributed by atoms with Crippen LogP contribution in [0.25, 0.3) is 5.69 Å². The van der Waals surface area contributed by atoms with Crippen LogP contribution in [0.15, 0.2) is 18.2 Å². The SMILES string of the molecule is CCc1nc(C(=O)N2CCCC2C2CCCC2)nn1-c1c(Cl)cccc1Cl. The fourth-order valence-electron chi connectivity index (χ4n) is 4.54. The monoisotopic (exact) mass is 406 g/mol. The van der Waals surface area contributed by atoms with E-state index in [1.165, 1.54) is 25.7 Å². The van der Waals surface area contributed by atoms with Crippen LogP contribution in [0, 0.1) is 5.92 Å². The molecule has 0 N–H and O–H groups in total. The summed E-state index contributed by atoms with van der Waals surface area (Å²) in [5.74, 6) is 1.49. The molecule has 1 atom stereocenters. The molecule has 1 aliphatic carbocycles. The van der Waals surface area contributed by atoms with Crippen LogP contribution in [0.5, 0.6) is 0 Å². The van der Waals surface area contributed by atoms with E-state index >= 15 is 0 Å². The van der Waals surface area contributed by atoms with Gasteiger partial charge in [-0.3, -0.25) is 4.79 Å². The Morgan fingerprint density at radius 3 is 2.52 bits per heavy atom. The summed E-state index contributed by atoms with van der Waals surface area (Å²) in [6, 6.07) is 5.66. The van der Waals surface area contributed by atoms with Crippen molar-refractivity contribution in [2.24, 2.45) is 5.92 Å². The molecule has 2 fully saturated rings. The fourth-order valence-corrected chi connectivity index (χ4v) is 5.10. The van der Waals surface area contributed by atoms with Gasteiger partial charge in [-0.25, -0.2) is 9.67 Å². The van der Waals surface area contributed by atoms with Gasteiger partial charge in [0.15, 0.2) is 0 Å². The minimum Gasteiger partial charge on any atom is -0.333 e. The number of aryl methyl sites for hydroxylation is 1. The maximum absolute atomic E-state index is 13.2. The highest BCUT2D eigenvalue weighted by molar-refractivity contribution is 6.37. The largest absolute Gasteiger partial charge is 0.333 e. The van der Waals surface area contributed by atoms with Crippen molar-refractivity contribution >= 4 is 29.1 Å². The minimum atomic E-state index is -0.0685. The summed E-state index contributed by atoms with van der Waals surface area (Å²) in [6.45, 7) is 2.78. The maximum Gasteiger partial charge on any atom is 0.293 e. The Bertz CT molecular complexity index is 824. The van der Waals surface area contributed by atoms with Crippen molar-refractivity contribution < 1.29 is 4.79 Å². The summed E-state index contributed by atoms with van der Waals surface area (Å²) in [4.78, 5) is 19.8. The molecule has 1 saturated carbocycles. The zero-order valence-corrected chi connectivity index (χ0v) is 17.0. The number of aromatic nitrogens is 3. The van der Waals surface area contributed by atoms with E-state index < -0.39 is 0 Å². The molecule has 1 aliphatic heterocycles. The van der Waals surface area contributed by atoms with Gasteiger partial charge in [-0.2, -0.15) is 0 Å². The number of carbonyl (C=O) groups excluding carboxylic acids is 1. The maximum atomic E-state index is 13.2. The number of amides is 1. The molecule has 0 bridgehead atoms. The molecule has 2 aromatic rings. The van der Waals surface area contributed by atoms with Gasteiger partial charge < -0.3 is 4.90 Å². The van der Waals surface area contributed by atoms with Crippen LogP contribution in [-0.2, 0) is 6.42 Å². The van der Waals surface area contributed by atoms with E-state index in [1.54, 1.807) is 22.9 Å². The highest BCUT2D eigenvalue weighted by Crippen LogP contribution is 2.36. The van der Waals surface area contributed by atoms with Crippen molar-refractivity contribution in [3.8, 4) is 5.69 Å². The number of halogens is 2. The summed E-state index contributed by atoms with van der Waals surface area (Å²) < 4.78 is 1.62. The number of rotatable bonds is 4. The third kappa shape index (κ3) is 3.47. The molecule has 144 valence electrons. The van der Waals surface area contributed by atoms with E-state index in [-0.39, 0.29) is 11.7 Å². The average Bonchev–Trinajstić information content (AvgIpc) is 3.40. The molecule has 7 heteroatoms. The first-order valence-corrected chi connectivity index (χ1v) is 10.6. The molecule has 1 aromatic carbocycles. The third-order valence-electron chi connectivity index (χ3n) is 5.84. The fraction of sp³-hybridized carbons (Fsp3) is 0.550. The van der Waals surface area contributed by atoms with Gasteiger partial charge in [-0.15, -0.1) is 5.10 Å². The van der Waals surface area contributed by atoms with Crippen LogP contribution < -0.4 is 0 Å². The van der Waals surface area contributed by atoms with Gasteiger partial charge in [-0.1, -0.05) is 49.0 Å². The van der Waals surface area contributed by atoms with E-state index in [1.807, 2.05) is 11.8 Å². The molecule has 1 aromatic heterocycles. The van der Waals surface area contributed by atoms with E-state index in [2.05, 4.69) is 10.1 Å². The number of likely N-dealkylation sites (tertiary alicyclic amines) is 1. The second kappa shape index (κ2) is 7.80. The lowest BCUT2D eigenvalue weighted by Gasteiger charge is -2.28. The minimum absolute atomic E-state index is 0.0685. The molecule has 4 rings (SSSR count). The molecule has 1 unspecified atom stereocenters. The van der Waals surface area contributed by atoms with Crippen molar-refractivity contribution in [2.45, 2.75) is 57.9 Å². The molecule has 0 spiro atoms. The average molecular weight is 407 g/mol. The smallest absolute Gasteiger partial charge is 0.293 e. The van der Waals surface area contributed by atoms with Crippen molar-refractivity contribution in [1.29, 1.82) is 0 Å². The van der Waals surface area contributed by atoms with Gasteiger partial charge in [-0.05, 0) is 43.7 Å². The lowest BCUT2D eigenvalue weighted by molar-refractivity contribution is 0.0676. The van der Waals surface area contributed by atoms with E-state index in [0.717, 1.165) is 19.4 Å². The molecule has 2 heterocycles. The Balaban J connectivity index is 1.66. The number of hydrogen-bond donors (Lipinski definition) is 0. The normalized spacial score (nSPS) is 20.6. The predicted molar refractivity (Wildman–Crippen MR) is 107 cm³/mol. The molecular weight excluding hydrogens is 383 g/mol. The van der Waals surface area contributed by atoms with Crippen LogP contribution in [0.4, 0.5) is 0 Å². The first kappa shape index (κ1) is 18.8. The number of carbonyl (C=O) groups is 1. The highest BCUT2D eigenvalue weighted by atomic mass is 35.5. The van der Waals surface area contributed by atoms with Crippen molar-refractivity contribution in [2.75, 3.05) is 6.54 Å². The van der Waals surface area contributed by atoms with Crippen LogP contribution in [0.2, 0.25) is 10.0 Å². The Morgan fingerprint density at radius 1 is 1.15 bits per heavy atom. The quantitative estimate of drug-likeness (QED) is 0.722. The zero-order chi connectivity index (χ0) is 19.0. The molecule has 1 amide bonds. The van der Waals surface area contributed by atoms with Gasteiger partial charge in [0.2, 0.25) is 5.82 Å². The molecule has 0 radical (unpaired) electrons. The van der Waals surface area contributed by atoms with Crippen LogP contribution in [0.1, 0.15) is 61.9 Å². The summed E-state index contributed by atoms with van der Waals surface area (Å²) in [7, 11) is 0. The van der Waals surface area contributed by atoms with Gasteiger partial charge in [0, 0.05) is 19.0 Å². The van der Waals surface area contributed by atoms with Crippen LogP contribution >= 0.6 is 23.2 Å². The summed E-state index contributed by atoms with van der Waals surface area (Å²) in [5.41, 5.74) is 0.581. The summed E-state index contributed by atoms with van der Waals surface area (Å²) in [5, 5.41) is 5.51. The Morgan fingerprint density at radius 2 is 1.85 bits per heavy atom. The number of nitrogens with zero attached hydrogens (tertiary/aromatic N) is 4. The van der Waals surface area contributed by atoms with Gasteiger partial charge >= 0.3 is 0 Å². The Labute approximate surface area is 169 Å². The molecule has 27 heavy (non-hydrogen) atoms. The molecular formula is C20H24Cl2N4O. The Hall–Kier alpha value is -1.59. The Kier molecular flexibility index (Phi) is 5.42.